The van der Waals surface area contributed by atoms with Crippen molar-refractivity contribution >= 4 is 24.1 Å². The summed E-state index contributed by atoms with van der Waals surface area (Å²) in [5, 5.41) is 0. The van der Waals surface area contributed by atoms with Crippen molar-refractivity contribution < 1.29 is 4.79 Å². The van der Waals surface area contributed by atoms with Crippen molar-refractivity contribution in [3.63, 3.8) is 0 Å². The van der Waals surface area contributed by atoms with Gasteiger partial charge in [0.25, 0.3) is 0 Å². The fourth-order valence-corrected chi connectivity index (χ4v) is 1.53. The van der Waals surface area contributed by atoms with E-state index in [1.807, 2.05) is 36.6 Å². The maximum absolute atomic E-state index is 10.1. The molecular formula is C10H10OS. The molecule has 0 heterocycles. The van der Waals surface area contributed by atoms with E-state index in [9.17, 15) is 4.79 Å². The molecule has 0 aromatic heterocycles. The van der Waals surface area contributed by atoms with E-state index in [1.165, 1.54) is 11.0 Å². The number of thioether (sulfide) groups is 1. The minimum absolute atomic E-state index is 0.789. The summed E-state index contributed by atoms with van der Waals surface area (Å²) in [6.07, 6.45) is 6.14. The molecule has 0 radical (unpaired) electrons. The van der Waals surface area contributed by atoms with Crippen LogP contribution < -0.4 is 0 Å². The van der Waals surface area contributed by atoms with E-state index in [2.05, 4.69) is 0 Å². The van der Waals surface area contributed by atoms with Crippen LogP contribution in [0.5, 0.6) is 0 Å². The van der Waals surface area contributed by atoms with Crippen molar-refractivity contribution in [1.29, 1.82) is 0 Å². The fourth-order valence-electron chi connectivity index (χ4n) is 0.947. The molecule has 62 valence electrons. The summed E-state index contributed by atoms with van der Waals surface area (Å²) >= 11 is 1.68. The van der Waals surface area contributed by atoms with Gasteiger partial charge in [-0.15, -0.1) is 11.8 Å². The molecule has 0 spiro atoms. The van der Waals surface area contributed by atoms with Crippen molar-refractivity contribution in [3.8, 4) is 0 Å². The predicted octanol–water partition coefficient (Wildman–Crippen LogP) is 2.62. The number of hydrogen-bond donors (Lipinski definition) is 0. The van der Waals surface area contributed by atoms with Crippen LogP contribution in [-0.4, -0.2) is 12.5 Å². The van der Waals surface area contributed by atoms with Crippen LogP contribution in [0, 0.1) is 0 Å². The van der Waals surface area contributed by atoms with Gasteiger partial charge in [0.2, 0.25) is 0 Å². The third-order valence-corrected chi connectivity index (χ3v) is 2.30. The highest BCUT2D eigenvalue weighted by Crippen LogP contribution is 2.20. The van der Waals surface area contributed by atoms with Crippen molar-refractivity contribution in [2.24, 2.45) is 0 Å². The maximum Gasteiger partial charge on any atom is 0.142 e. The monoisotopic (exact) mass is 178 g/mol. The lowest BCUT2D eigenvalue weighted by Crippen LogP contribution is -1.76. The van der Waals surface area contributed by atoms with Gasteiger partial charge in [0.1, 0.15) is 6.29 Å². The number of rotatable bonds is 3. The first-order valence-corrected chi connectivity index (χ1v) is 4.86. The zero-order chi connectivity index (χ0) is 8.81. The molecule has 2 heteroatoms. The third kappa shape index (κ3) is 2.24. The average Bonchev–Trinajstić information content (AvgIpc) is 2.15. The highest BCUT2D eigenvalue weighted by Gasteiger charge is 1.93. The first kappa shape index (κ1) is 9.07. The lowest BCUT2D eigenvalue weighted by atomic mass is 10.2. The smallest absolute Gasteiger partial charge is 0.142 e. The number of carbonyl (C=O) groups excluding carboxylic acids is 1. The molecule has 0 aliphatic rings. The molecule has 0 bridgehead atoms. The van der Waals surface area contributed by atoms with Gasteiger partial charge in [0.05, 0.1) is 0 Å². The Labute approximate surface area is 76.5 Å². The highest BCUT2D eigenvalue weighted by molar-refractivity contribution is 7.98. The van der Waals surface area contributed by atoms with E-state index in [0.717, 1.165) is 11.8 Å². The molecule has 1 aromatic carbocycles. The highest BCUT2D eigenvalue weighted by atomic mass is 32.2. The number of allylic oxidation sites excluding steroid dienone is 1. The number of aldehydes is 1. The Morgan fingerprint density at radius 1 is 1.33 bits per heavy atom. The molecule has 0 saturated carbocycles. The molecule has 0 unspecified atom stereocenters. The standard InChI is InChI=1S/C10H10OS/c1-12-10-7-3-2-5-9(10)6-4-8-11/h2-8H,1H3. The Morgan fingerprint density at radius 3 is 2.75 bits per heavy atom. The molecule has 1 rings (SSSR count). The van der Waals surface area contributed by atoms with Crippen LogP contribution in [0.25, 0.3) is 6.08 Å². The van der Waals surface area contributed by atoms with Crippen molar-refractivity contribution in [3.05, 3.63) is 35.9 Å². The zero-order valence-electron chi connectivity index (χ0n) is 6.86. The van der Waals surface area contributed by atoms with Gasteiger partial charge in [-0.05, 0) is 24.0 Å². The van der Waals surface area contributed by atoms with Gasteiger partial charge in [-0.3, -0.25) is 4.79 Å². The molecule has 1 aromatic rings. The van der Waals surface area contributed by atoms with E-state index in [1.54, 1.807) is 11.8 Å². The minimum atomic E-state index is 0.789. The molecule has 0 saturated heterocycles. The van der Waals surface area contributed by atoms with Gasteiger partial charge in [-0.25, -0.2) is 0 Å². The van der Waals surface area contributed by atoms with Crippen molar-refractivity contribution in [2.45, 2.75) is 4.90 Å². The average molecular weight is 178 g/mol. The van der Waals surface area contributed by atoms with Gasteiger partial charge >= 0.3 is 0 Å². The second kappa shape index (κ2) is 4.78. The summed E-state index contributed by atoms with van der Waals surface area (Å²) < 4.78 is 0. The number of carbonyl (C=O) groups is 1. The lowest BCUT2D eigenvalue weighted by molar-refractivity contribution is -0.104. The van der Waals surface area contributed by atoms with E-state index < -0.39 is 0 Å². The third-order valence-electron chi connectivity index (χ3n) is 1.49. The van der Waals surface area contributed by atoms with Crippen LogP contribution in [-0.2, 0) is 4.79 Å². The van der Waals surface area contributed by atoms with E-state index in [-0.39, 0.29) is 0 Å². The second-order valence-corrected chi connectivity index (χ2v) is 3.09. The molecule has 0 N–H and O–H groups in total. The van der Waals surface area contributed by atoms with Gasteiger partial charge in [-0.2, -0.15) is 0 Å². The Balaban J connectivity index is 2.96. The maximum atomic E-state index is 10.1. The van der Waals surface area contributed by atoms with Crippen LogP contribution >= 0.6 is 11.8 Å². The largest absolute Gasteiger partial charge is 0.299 e. The van der Waals surface area contributed by atoms with Crippen molar-refractivity contribution in [2.75, 3.05) is 6.26 Å². The van der Waals surface area contributed by atoms with E-state index in [4.69, 9.17) is 0 Å². The number of benzene rings is 1. The van der Waals surface area contributed by atoms with Crippen LogP contribution in [0.3, 0.4) is 0 Å². The molecular weight excluding hydrogens is 168 g/mol. The van der Waals surface area contributed by atoms with Gasteiger partial charge < -0.3 is 0 Å². The molecule has 12 heavy (non-hydrogen) atoms. The van der Waals surface area contributed by atoms with E-state index >= 15 is 0 Å². The topological polar surface area (TPSA) is 17.1 Å². The first-order chi connectivity index (χ1) is 5.88. The van der Waals surface area contributed by atoms with E-state index in [0.29, 0.717) is 0 Å². The quantitative estimate of drug-likeness (QED) is 0.402. The molecule has 0 fully saturated rings. The van der Waals surface area contributed by atoms with Crippen LogP contribution in [0.4, 0.5) is 0 Å². The summed E-state index contributed by atoms with van der Waals surface area (Å²) in [6, 6.07) is 7.98. The predicted molar refractivity (Wildman–Crippen MR) is 53.3 cm³/mol. The Bertz CT molecular complexity index is 292. The summed E-state index contributed by atoms with van der Waals surface area (Å²) in [5.41, 5.74) is 1.09. The molecule has 1 nitrogen and oxygen atoms in total. The number of hydrogen-bond acceptors (Lipinski definition) is 2. The SMILES string of the molecule is CSc1ccccc1C=CC=O. The molecule has 0 atom stereocenters. The second-order valence-electron chi connectivity index (χ2n) is 2.24. The molecule has 0 aliphatic carbocycles. The summed E-state index contributed by atoms with van der Waals surface area (Å²) in [4.78, 5) is 11.3. The van der Waals surface area contributed by atoms with Crippen LogP contribution in [0.2, 0.25) is 0 Å². The van der Waals surface area contributed by atoms with Crippen LogP contribution in [0.1, 0.15) is 5.56 Å². The lowest BCUT2D eigenvalue weighted by Gasteiger charge is -1.99. The molecule has 0 amide bonds. The Hall–Kier alpha value is -1.02. The molecule has 0 aliphatic heterocycles. The summed E-state index contributed by atoms with van der Waals surface area (Å²) in [5.74, 6) is 0. The summed E-state index contributed by atoms with van der Waals surface area (Å²) in [6.45, 7) is 0. The van der Waals surface area contributed by atoms with Crippen LogP contribution in [0.15, 0.2) is 35.2 Å². The van der Waals surface area contributed by atoms with Gasteiger partial charge in [-0.1, -0.05) is 24.3 Å². The first-order valence-electron chi connectivity index (χ1n) is 3.63. The Morgan fingerprint density at radius 2 is 2.08 bits per heavy atom. The van der Waals surface area contributed by atoms with Crippen molar-refractivity contribution in [1.82, 2.24) is 0 Å². The normalized spacial score (nSPS) is 10.4. The fraction of sp³-hybridized carbons (Fsp3) is 0.100. The van der Waals surface area contributed by atoms with Gasteiger partial charge in [0.15, 0.2) is 0 Å². The van der Waals surface area contributed by atoms with Gasteiger partial charge in [0, 0.05) is 4.90 Å². The minimum Gasteiger partial charge on any atom is -0.299 e. The summed E-state index contributed by atoms with van der Waals surface area (Å²) in [7, 11) is 0. The zero-order valence-corrected chi connectivity index (χ0v) is 7.67. The Kier molecular flexibility index (Phi) is 3.61.